The van der Waals surface area contributed by atoms with Gasteiger partial charge in [0.1, 0.15) is 5.54 Å². The highest BCUT2D eigenvalue weighted by molar-refractivity contribution is 6.07. The molecule has 5 heteroatoms. The number of nitrogens with zero attached hydrogens (tertiary/aromatic N) is 2. The fourth-order valence-electron chi connectivity index (χ4n) is 5.47. The maximum absolute atomic E-state index is 13.4. The molecule has 5 nitrogen and oxygen atoms in total. The Hall–Kier alpha value is -1.88. The summed E-state index contributed by atoms with van der Waals surface area (Å²) in [6, 6.07) is 8.68. The molecule has 3 amide bonds. The van der Waals surface area contributed by atoms with Crippen molar-refractivity contribution in [2.45, 2.75) is 75.8 Å². The Morgan fingerprint density at radius 2 is 1.79 bits per heavy atom. The van der Waals surface area contributed by atoms with E-state index in [-0.39, 0.29) is 11.9 Å². The van der Waals surface area contributed by atoms with Crippen molar-refractivity contribution in [2.75, 3.05) is 13.2 Å². The van der Waals surface area contributed by atoms with E-state index in [9.17, 15) is 9.59 Å². The van der Waals surface area contributed by atoms with Crippen molar-refractivity contribution in [3.05, 3.63) is 35.4 Å². The second-order valence-corrected chi connectivity index (χ2v) is 9.34. The number of rotatable bonds is 5. The average Bonchev–Trinajstić information content (AvgIpc) is 3.53. The van der Waals surface area contributed by atoms with Crippen LogP contribution in [0.1, 0.15) is 62.5 Å². The van der Waals surface area contributed by atoms with Crippen molar-refractivity contribution >= 4 is 11.9 Å². The summed E-state index contributed by atoms with van der Waals surface area (Å²) in [5.41, 5.74) is 1.78. The van der Waals surface area contributed by atoms with Gasteiger partial charge < -0.3 is 5.32 Å². The molecule has 1 aromatic rings. The summed E-state index contributed by atoms with van der Waals surface area (Å²) in [7, 11) is 0. The third-order valence-corrected chi connectivity index (χ3v) is 7.28. The van der Waals surface area contributed by atoms with Gasteiger partial charge in [-0.2, -0.15) is 0 Å². The number of imide groups is 1. The van der Waals surface area contributed by atoms with Crippen molar-refractivity contribution in [3.8, 4) is 0 Å². The minimum absolute atomic E-state index is 0.0127. The van der Waals surface area contributed by atoms with E-state index in [1.165, 1.54) is 61.0 Å². The lowest BCUT2D eigenvalue weighted by Gasteiger charge is -2.34. The first kappa shape index (κ1) is 18.2. The fraction of sp³-hybridized carbons (Fsp3) is 0.652. The SMILES string of the molecule is O=C1NC2(CCc3ccccc3C2)C(=O)N1CN(CC1CCCCC1)C1CC1. The van der Waals surface area contributed by atoms with Crippen molar-refractivity contribution in [1.82, 2.24) is 15.1 Å². The number of carbonyl (C=O) groups is 2. The Labute approximate surface area is 167 Å². The molecule has 0 bridgehead atoms. The van der Waals surface area contributed by atoms with Gasteiger partial charge in [0.15, 0.2) is 0 Å². The van der Waals surface area contributed by atoms with Gasteiger partial charge in [-0.3, -0.25) is 9.69 Å². The molecule has 5 rings (SSSR count). The number of fused-ring (bicyclic) bond motifs is 1. The molecule has 1 saturated heterocycles. The Morgan fingerprint density at radius 3 is 2.54 bits per heavy atom. The summed E-state index contributed by atoms with van der Waals surface area (Å²) < 4.78 is 0. The molecule has 2 saturated carbocycles. The summed E-state index contributed by atoms with van der Waals surface area (Å²) in [4.78, 5) is 30.1. The van der Waals surface area contributed by atoms with Gasteiger partial charge in [-0.05, 0) is 55.6 Å². The molecule has 3 fully saturated rings. The molecule has 1 heterocycles. The lowest BCUT2D eigenvalue weighted by atomic mass is 9.78. The van der Waals surface area contributed by atoms with Gasteiger partial charge in [-0.15, -0.1) is 0 Å². The van der Waals surface area contributed by atoms with E-state index in [4.69, 9.17) is 0 Å². The number of aryl methyl sites for hydroxylation is 1. The van der Waals surface area contributed by atoms with Crippen LogP contribution in [0.25, 0.3) is 0 Å². The molecule has 28 heavy (non-hydrogen) atoms. The first-order valence-electron chi connectivity index (χ1n) is 11.1. The zero-order valence-corrected chi connectivity index (χ0v) is 16.7. The second-order valence-electron chi connectivity index (χ2n) is 9.34. The van der Waals surface area contributed by atoms with Crippen LogP contribution < -0.4 is 5.32 Å². The fourth-order valence-corrected chi connectivity index (χ4v) is 5.47. The first-order valence-corrected chi connectivity index (χ1v) is 11.1. The van der Waals surface area contributed by atoms with E-state index in [2.05, 4.69) is 28.4 Å². The molecular formula is C23H31N3O2. The van der Waals surface area contributed by atoms with E-state index in [1.54, 1.807) is 0 Å². The van der Waals surface area contributed by atoms with E-state index in [1.807, 2.05) is 6.07 Å². The Kier molecular flexibility index (Phi) is 4.66. The van der Waals surface area contributed by atoms with Crippen LogP contribution in [0.2, 0.25) is 0 Å². The van der Waals surface area contributed by atoms with E-state index in [0.29, 0.717) is 25.6 Å². The van der Waals surface area contributed by atoms with Crippen LogP contribution in [0.15, 0.2) is 24.3 Å². The zero-order valence-electron chi connectivity index (χ0n) is 16.7. The van der Waals surface area contributed by atoms with Crippen molar-refractivity contribution < 1.29 is 9.59 Å². The minimum Gasteiger partial charge on any atom is -0.323 e. The predicted molar refractivity (Wildman–Crippen MR) is 108 cm³/mol. The molecule has 1 N–H and O–H groups in total. The van der Waals surface area contributed by atoms with Gasteiger partial charge in [-0.25, -0.2) is 9.69 Å². The highest BCUT2D eigenvalue weighted by Gasteiger charge is 2.53. The largest absolute Gasteiger partial charge is 0.326 e. The smallest absolute Gasteiger partial charge is 0.323 e. The molecule has 3 aliphatic carbocycles. The lowest BCUT2D eigenvalue weighted by Crippen LogP contribution is -2.52. The summed E-state index contributed by atoms with van der Waals surface area (Å²) in [5.74, 6) is 0.715. The van der Waals surface area contributed by atoms with Crippen molar-refractivity contribution in [1.29, 1.82) is 0 Å². The normalized spacial score (nSPS) is 28.1. The predicted octanol–water partition coefficient (Wildman–Crippen LogP) is 3.47. The molecule has 0 radical (unpaired) electrons. The van der Waals surface area contributed by atoms with Crippen LogP contribution in [0.3, 0.4) is 0 Å². The second kappa shape index (κ2) is 7.18. The maximum Gasteiger partial charge on any atom is 0.326 e. The van der Waals surface area contributed by atoms with Crippen LogP contribution in [-0.4, -0.2) is 46.5 Å². The molecular weight excluding hydrogens is 350 g/mol. The Bertz CT molecular complexity index is 769. The van der Waals surface area contributed by atoms with Gasteiger partial charge >= 0.3 is 6.03 Å². The number of nitrogens with one attached hydrogen (secondary N) is 1. The summed E-state index contributed by atoms with van der Waals surface area (Å²) in [6.45, 7) is 1.51. The van der Waals surface area contributed by atoms with Gasteiger partial charge in [0.25, 0.3) is 5.91 Å². The van der Waals surface area contributed by atoms with Crippen LogP contribution in [0, 0.1) is 5.92 Å². The van der Waals surface area contributed by atoms with Gasteiger partial charge in [0, 0.05) is 19.0 Å². The number of carbonyl (C=O) groups excluding carboxylic acids is 2. The highest BCUT2D eigenvalue weighted by atomic mass is 16.2. The third-order valence-electron chi connectivity index (χ3n) is 7.28. The van der Waals surface area contributed by atoms with Gasteiger partial charge in [-0.1, -0.05) is 43.5 Å². The molecule has 0 aromatic heterocycles. The quantitative estimate of drug-likeness (QED) is 0.795. The molecule has 1 aliphatic heterocycles. The molecule has 1 unspecified atom stereocenters. The standard InChI is InChI=1S/C23H31N3O2/c27-21-23(13-12-18-8-4-5-9-19(18)14-23)24-22(28)26(21)16-25(20-10-11-20)15-17-6-2-1-3-7-17/h4-5,8-9,17,20H,1-3,6-7,10-16H2,(H,24,28). The molecule has 1 aromatic carbocycles. The third kappa shape index (κ3) is 3.34. The Morgan fingerprint density at radius 1 is 1.04 bits per heavy atom. The molecule has 1 atom stereocenters. The topological polar surface area (TPSA) is 52.7 Å². The minimum atomic E-state index is -0.731. The highest BCUT2D eigenvalue weighted by Crippen LogP contribution is 2.36. The van der Waals surface area contributed by atoms with E-state index < -0.39 is 5.54 Å². The number of urea groups is 1. The number of benzene rings is 1. The van der Waals surface area contributed by atoms with Crippen LogP contribution in [-0.2, 0) is 17.6 Å². The van der Waals surface area contributed by atoms with Crippen molar-refractivity contribution in [3.63, 3.8) is 0 Å². The van der Waals surface area contributed by atoms with Crippen LogP contribution >= 0.6 is 0 Å². The first-order chi connectivity index (χ1) is 13.6. The van der Waals surface area contributed by atoms with Crippen LogP contribution in [0.4, 0.5) is 4.79 Å². The number of hydrogen-bond acceptors (Lipinski definition) is 3. The van der Waals surface area contributed by atoms with Crippen LogP contribution in [0.5, 0.6) is 0 Å². The van der Waals surface area contributed by atoms with E-state index in [0.717, 1.165) is 18.9 Å². The van der Waals surface area contributed by atoms with Gasteiger partial charge in [0.2, 0.25) is 0 Å². The Balaban J connectivity index is 1.30. The summed E-state index contributed by atoms with van der Waals surface area (Å²) in [5, 5.41) is 3.09. The zero-order chi connectivity index (χ0) is 19.1. The maximum atomic E-state index is 13.4. The molecule has 150 valence electrons. The van der Waals surface area contributed by atoms with Crippen molar-refractivity contribution in [2.24, 2.45) is 5.92 Å². The monoisotopic (exact) mass is 381 g/mol. The molecule has 1 spiro atoms. The van der Waals surface area contributed by atoms with Gasteiger partial charge in [0.05, 0.1) is 6.67 Å². The number of hydrogen-bond donors (Lipinski definition) is 1. The average molecular weight is 382 g/mol. The summed E-state index contributed by atoms with van der Waals surface area (Å²) >= 11 is 0. The summed E-state index contributed by atoms with van der Waals surface area (Å²) in [6.07, 6.45) is 11.2. The molecule has 4 aliphatic rings. The van der Waals surface area contributed by atoms with E-state index >= 15 is 0 Å². The number of amides is 3. The lowest BCUT2D eigenvalue weighted by molar-refractivity contribution is -0.133.